The van der Waals surface area contributed by atoms with Crippen LogP contribution in [0.15, 0.2) is 18.2 Å². The summed E-state index contributed by atoms with van der Waals surface area (Å²) in [6, 6.07) is 6.25. The van der Waals surface area contributed by atoms with Gasteiger partial charge in [0, 0.05) is 17.8 Å². The average molecular weight is 242 g/mol. The molecule has 0 aliphatic rings. The zero-order valence-corrected chi connectivity index (χ0v) is 11.0. The summed E-state index contributed by atoms with van der Waals surface area (Å²) in [5.41, 5.74) is 1.06. The van der Waals surface area contributed by atoms with Gasteiger partial charge in [-0.15, -0.1) is 0 Å². The van der Waals surface area contributed by atoms with E-state index in [-0.39, 0.29) is 0 Å². The van der Waals surface area contributed by atoms with Crippen LogP contribution in [0.1, 0.15) is 33.1 Å². The summed E-state index contributed by atoms with van der Waals surface area (Å²) in [6.07, 6.45) is 3.66. The molecule has 1 N–H and O–H groups in total. The van der Waals surface area contributed by atoms with Gasteiger partial charge in [0.25, 0.3) is 0 Å². The number of hydrogen-bond donors (Lipinski definition) is 1. The molecule has 0 aromatic heterocycles. The minimum atomic E-state index is 0.478. The molecule has 16 heavy (non-hydrogen) atoms. The Morgan fingerprint density at radius 2 is 2.19 bits per heavy atom. The number of hydrogen-bond acceptors (Lipinski definition) is 2. The molecular weight excluding hydrogens is 222 g/mol. The minimum absolute atomic E-state index is 0.478. The summed E-state index contributed by atoms with van der Waals surface area (Å²) in [6.45, 7) is 4.40. The first kappa shape index (κ1) is 13.2. The van der Waals surface area contributed by atoms with Crippen LogP contribution in [0.3, 0.4) is 0 Å². The fourth-order valence-corrected chi connectivity index (χ4v) is 1.81. The van der Waals surface area contributed by atoms with Crippen molar-refractivity contribution in [3.63, 3.8) is 0 Å². The number of nitrogens with one attached hydrogen (secondary N) is 1. The lowest BCUT2D eigenvalue weighted by Gasteiger charge is -2.15. The van der Waals surface area contributed by atoms with E-state index in [2.05, 4.69) is 19.2 Å². The van der Waals surface area contributed by atoms with Crippen LogP contribution in [0.5, 0.6) is 5.75 Å². The van der Waals surface area contributed by atoms with E-state index in [0.717, 1.165) is 5.69 Å². The van der Waals surface area contributed by atoms with Gasteiger partial charge in [-0.05, 0) is 25.5 Å². The predicted molar refractivity (Wildman–Crippen MR) is 70.6 cm³/mol. The number of ether oxygens (including phenoxy) is 1. The Bertz CT molecular complexity index is 328. The van der Waals surface area contributed by atoms with Crippen molar-refractivity contribution in [3.05, 3.63) is 23.2 Å². The number of benzene rings is 1. The quantitative estimate of drug-likeness (QED) is 0.800. The molecule has 0 aliphatic carbocycles. The smallest absolute Gasteiger partial charge is 0.139 e. The molecule has 0 amide bonds. The molecule has 0 bridgehead atoms. The summed E-state index contributed by atoms with van der Waals surface area (Å²) < 4.78 is 5.18. The summed E-state index contributed by atoms with van der Waals surface area (Å²) in [5.74, 6) is 0.717. The minimum Gasteiger partial charge on any atom is -0.495 e. The van der Waals surface area contributed by atoms with Gasteiger partial charge in [0.15, 0.2) is 0 Å². The van der Waals surface area contributed by atoms with Crippen molar-refractivity contribution in [1.29, 1.82) is 0 Å². The van der Waals surface area contributed by atoms with Crippen LogP contribution in [0, 0.1) is 0 Å². The molecule has 0 fully saturated rings. The number of unbranched alkanes of at least 4 members (excludes halogenated alkanes) is 1. The third-order valence-electron chi connectivity index (χ3n) is 2.55. The van der Waals surface area contributed by atoms with Gasteiger partial charge < -0.3 is 10.1 Å². The van der Waals surface area contributed by atoms with Crippen molar-refractivity contribution in [2.45, 2.75) is 39.2 Å². The first-order valence-electron chi connectivity index (χ1n) is 5.77. The molecule has 1 unspecified atom stereocenters. The van der Waals surface area contributed by atoms with Gasteiger partial charge in [-0.1, -0.05) is 31.4 Å². The lowest BCUT2D eigenvalue weighted by molar-refractivity contribution is 0.415. The Kier molecular flexibility index (Phi) is 5.47. The first-order chi connectivity index (χ1) is 7.67. The molecule has 0 saturated carbocycles. The van der Waals surface area contributed by atoms with Crippen LogP contribution >= 0.6 is 11.6 Å². The molecule has 0 spiro atoms. The average Bonchev–Trinajstić information content (AvgIpc) is 2.29. The van der Waals surface area contributed by atoms with Crippen molar-refractivity contribution in [1.82, 2.24) is 0 Å². The van der Waals surface area contributed by atoms with Crippen molar-refractivity contribution in [2.75, 3.05) is 12.4 Å². The van der Waals surface area contributed by atoms with Crippen LogP contribution in [0.4, 0.5) is 5.69 Å². The molecule has 0 aliphatic heterocycles. The van der Waals surface area contributed by atoms with Crippen LogP contribution in [-0.4, -0.2) is 13.2 Å². The lowest BCUT2D eigenvalue weighted by atomic mass is 10.1. The van der Waals surface area contributed by atoms with E-state index >= 15 is 0 Å². The highest BCUT2D eigenvalue weighted by molar-refractivity contribution is 6.32. The number of methoxy groups -OCH3 is 1. The second-order valence-electron chi connectivity index (χ2n) is 4.04. The van der Waals surface area contributed by atoms with Gasteiger partial charge in [0.2, 0.25) is 0 Å². The maximum absolute atomic E-state index is 5.96. The van der Waals surface area contributed by atoms with Crippen LogP contribution < -0.4 is 10.1 Å². The van der Waals surface area contributed by atoms with E-state index in [1.54, 1.807) is 7.11 Å². The molecule has 3 heteroatoms. The molecule has 0 radical (unpaired) electrons. The number of rotatable bonds is 6. The highest BCUT2D eigenvalue weighted by atomic mass is 35.5. The number of halogens is 1. The summed E-state index contributed by atoms with van der Waals surface area (Å²) >= 11 is 5.96. The molecule has 2 nitrogen and oxygen atoms in total. The summed E-state index contributed by atoms with van der Waals surface area (Å²) in [4.78, 5) is 0. The van der Waals surface area contributed by atoms with Crippen molar-refractivity contribution >= 4 is 17.3 Å². The number of anilines is 1. The normalized spacial score (nSPS) is 12.2. The van der Waals surface area contributed by atoms with E-state index in [1.807, 2.05) is 18.2 Å². The first-order valence-corrected chi connectivity index (χ1v) is 6.15. The lowest BCUT2D eigenvalue weighted by Crippen LogP contribution is -2.14. The third-order valence-corrected chi connectivity index (χ3v) is 2.87. The van der Waals surface area contributed by atoms with E-state index in [4.69, 9.17) is 16.3 Å². The molecule has 0 heterocycles. The predicted octanol–water partition coefficient (Wildman–Crippen LogP) is 4.34. The van der Waals surface area contributed by atoms with Gasteiger partial charge in [0.1, 0.15) is 5.75 Å². The third kappa shape index (κ3) is 3.93. The molecule has 1 atom stereocenters. The van der Waals surface area contributed by atoms with Gasteiger partial charge in [-0.3, -0.25) is 0 Å². The molecule has 1 aromatic rings. The van der Waals surface area contributed by atoms with Crippen LogP contribution in [0.25, 0.3) is 0 Å². The maximum Gasteiger partial charge on any atom is 0.139 e. The van der Waals surface area contributed by atoms with Gasteiger partial charge >= 0.3 is 0 Å². The standard InChI is InChI=1S/C13H20ClNO/c1-4-5-6-10(2)15-11-7-8-12(14)13(9-11)16-3/h7-10,15H,4-6H2,1-3H3. The van der Waals surface area contributed by atoms with Gasteiger partial charge in [0.05, 0.1) is 12.1 Å². The molecule has 1 rings (SSSR count). The Morgan fingerprint density at radius 1 is 1.44 bits per heavy atom. The fraction of sp³-hybridized carbons (Fsp3) is 0.538. The maximum atomic E-state index is 5.96. The van der Waals surface area contributed by atoms with E-state index < -0.39 is 0 Å². The van der Waals surface area contributed by atoms with Crippen molar-refractivity contribution in [2.24, 2.45) is 0 Å². The highest BCUT2D eigenvalue weighted by Gasteiger charge is 2.04. The molecule has 0 saturated heterocycles. The zero-order chi connectivity index (χ0) is 12.0. The monoisotopic (exact) mass is 241 g/mol. The highest BCUT2D eigenvalue weighted by Crippen LogP contribution is 2.27. The van der Waals surface area contributed by atoms with Crippen molar-refractivity contribution < 1.29 is 4.74 Å². The van der Waals surface area contributed by atoms with Crippen molar-refractivity contribution in [3.8, 4) is 5.75 Å². The molecular formula is C13H20ClNO. The van der Waals surface area contributed by atoms with Gasteiger partial charge in [-0.25, -0.2) is 0 Å². The SMILES string of the molecule is CCCCC(C)Nc1ccc(Cl)c(OC)c1. The Balaban J connectivity index is 2.59. The second kappa shape index (κ2) is 6.64. The Labute approximate surface area is 103 Å². The van der Waals surface area contributed by atoms with E-state index in [0.29, 0.717) is 16.8 Å². The Morgan fingerprint density at radius 3 is 2.81 bits per heavy atom. The zero-order valence-electron chi connectivity index (χ0n) is 10.2. The largest absolute Gasteiger partial charge is 0.495 e. The fourth-order valence-electron chi connectivity index (χ4n) is 1.62. The Hall–Kier alpha value is -0.890. The van der Waals surface area contributed by atoms with E-state index in [9.17, 15) is 0 Å². The summed E-state index contributed by atoms with van der Waals surface area (Å²) in [5, 5.41) is 4.09. The topological polar surface area (TPSA) is 21.3 Å². The molecule has 90 valence electrons. The van der Waals surface area contributed by atoms with Gasteiger partial charge in [-0.2, -0.15) is 0 Å². The van der Waals surface area contributed by atoms with E-state index in [1.165, 1.54) is 19.3 Å². The summed E-state index contributed by atoms with van der Waals surface area (Å²) in [7, 11) is 1.63. The van der Waals surface area contributed by atoms with Crippen LogP contribution in [0.2, 0.25) is 5.02 Å². The second-order valence-corrected chi connectivity index (χ2v) is 4.44. The van der Waals surface area contributed by atoms with Crippen LogP contribution in [-0.2, 0) is 0 Å². The molecule has 1 aromatic carbocycles.